The molecule has 0 aliphatic carbocycles. The predicted octanol–water partition coefficient (Wildman–Crippen LogP) is 3.24. The molecular weight excluding hydrogens is 315 g/mol. The Morgan fingerprint density at radius 3 is 2.84 bits per heavy atom. The van der Waals surface area contributed by atoms with Crippen LogP contribution < -0.4 is 10.1 Å². The molecular formula is C13H10BrFN2O2. The molecule has 98 valence electrons. The number of hydrogen-bond acceptors (Lipinski definition) is 3. The van der Waals surface area contributed by atoms with Crippen molar-refractivity contribution in [2.24, 2.45) is 0 Å². The zero-order chi connectivity index (χ0) is 13.8. The van der Waals surface area contributed by atoms with Crippen LogP contribution in [-0.2, 0) is 0 Å². The molecule has 0 spiro atoms. The Bertz CT molecular complexity index is 619. The Kier molecular flexibility index (Phi) is 4.11. The first-order valence-electron chi connectivity index (χ1n) is 5.37. The van der Waals surface area contributed by atoms with E-state index in [9.17, 15) is 9.18 Å². The number of nitrogens with one attached hydrogen (secondary N) is 1. The highest BCUT2D eigenvalue weighted by Gasteiger charge is 2.10. The zero-order valence-corrected chi connectivity index (χ0v) is 11.6. The lowest BCUT2D eigenvalue weighted by Crippen LogP contribution is -2.13. The molecule has 1 amide bonds. The van der Waals surface area contributed by atoms with E-state index in [2.05, 4.69) is 26.2 Å². The Morgan fingerprint density at radius 2 is 2.16 bits per heavy atom. The zero-order valence-electron chi connectivity index (χ0n) is 9.98. The summed E-state index contributed by atoms with van der Waals surface area (Å²) in [5.74, 6) is -0.795. The van der Waals surface area contributed by atoms with Crippen LogP contribution in [0.4, 0.5) is 10.1 Å². The molecule has 2 rings (SSSR count). The van der Waals surface area contributed by atoms with E-state index in [1.165, 1.54) is 25.3 Å². The summed E-state index contributed by atoms with van der Waals surface area (Å²) in [7, 11) is 1.36. The van der Waals surface area contributed by atoms with E-state index in [0.717, 1.165) is 0 Å². The SMILES string of the molecule is COc1cc(NC(=O)c2cccc(Br)n2)ccc1F. The number of halogens is 2. The van der Waals surface area contributed by atoms with Gasteiger partial charge in [0.15, 0.2) is 11.6 Å². The number of hydrogen-bond donors (Lipinski definition) is 1. The first-order valence-corrected chi connectivity index (χ1v) is 6.17. The van der Waals surface area contributed by atoms with E-state index in [-0.39, 0.29) is 17.4 Å². The third-order valence-electron chi connectivity index (χ3n) is 2.36. The van der Waals surface area contributed by atoms with Crippen LogP contribution in [0.15, 0.2) is 41.0 Å². The van der Waals surface area contributed by atoms with Crippen molar-refractivity contribution in [3.05, 3.63) is 52.5 Å². The molecule has 4 nitrogen and oxygen atoms in total. The molecule has 0 atom stereocenters. The molecule has 2 aromatic rings. The second kappa shape index (κ2) is 5.79. The minimum atomic E-state index is -0.485. The molecule has 0 unspecified atom stereocenters. The normalized spacial score (nSPS) is 10.1. The van der Waals surface area contributed by atoms with Gasteiger partial charge >= 0.3 is 0 Å². The van der Waals surface area contributed by atoms with Gasteiger partial charge in [0, 0.05) is 11.8 Å². The molecule has 0 aliphatic rings. The average Bonchev–Trinajstić information content (AvgIpc) is 2.41. The van der Waals surface area contributed by atoms with Gasteiger partial charge < -0.3 is 10.1 Å². The van der Waals surface area contributed by atoms with Crippen molar-refractivity contribution in [1.29, 1.82) is 0 Å². The second-order valence-electron chi connectivity index (χ2n) is 3.65. The van der Waals surface area contributed by atoms with Crippen LogP contribution in [0, 0.1) is 5.82 Å². The topological polar surface area (TPSA) is 51.2 Å². The third kappa shape index (κ3) is 3.29. The first kappa shape index (κ1) is 13.5. The van der Waals surface area contributed by atoms with Gasteiger partial charge in [-0.3, -0.25) is 4.79 Å². The minimum absolute atomic E-state index is 0.0694. The van der Waals surface area contributed by atoms with E-state index in [1.807, 2.05) is 0 Å². The molecule has 6 heteroatoms. The van der Waals surface area contributed by atoms with Crippen molar-refractivity contribution in [2.75, 3.05) is 12.4 Å². The summed E-state index contributed by atoms with van der Waals surface area (Å²) in [4.78, 5) is 16.0. The summed E-state index contributed by atoms with van der Waals surface area (Å²) < 4.78 is 18.6. The fourth-order valence-electron chi connectivity index (χ4n) is 1.47. The summed E-state index contributed by atoms with van der Waals surface area (Å²) in [6.07, 6.45) is 0. The Balaban J connectivity index is 2.19. The van der Waals surface area contributed by atoms with Crippen LogP contribution in [0.2, 0.25) is 0 Å². The maximum atomic E-state index is 13.2. The summed E-state index contributed by atoms with van der Waals surface area (Å²) >= 11 is 3.19. The van der Waals surface area contributed by atoms with Crippen LogP contribution in [0.5, 0.6) is 5.75 Å². The van der Waals surface area contributed by atoms with Crippen LogP contribution >= 0.6 is 15.9 Å². The lowest BCUT2D eigenvalue weighted by Gasteiger charge is -2.07. The van der Waals surface area contributed by atoms with Gasteiger partial charge in [-0.25, -0.2) is 9.37 Å². The first-order chi connectivity index (χ1) is 9.10. The van der Waals surface area contributed by atoms with Crippen molar-refractivity contribution in [2.45, 2.75) is 0 Å². The number of methoxy groups -OCH3 is 1. The van der Waals surface area contributed by atoms with E-state index in [4.69, 9.17) is 4.74 Å². The number of benzene rings is 1. The van der Waals surface area contributed by atoms with Crippen molar-refractivity contribution in [1.82, 2.24) is 4.98 Å². The van der Waals surface area contributed by atoms with Crippen molar-refractivity contribution < 1.29 is 13.9 Å². The minimum Gasteiger partial charge on any atom is -0.494 e. The number of carbonyl (C=O) groups is 1. The number of pyridine rings is 1. The van der Waals surface area contributed by atoms with Crippen molar-refractivity contribution in [3.63, 3.8) is 0 Å². The molecule has 19 heavy (non-hydrogen) atoms. The van der Waals surface area contributed by atoms with Crippen LogP contribution in [0.1, 0.15) is 10.5 Å². The number of ether oxygens (including phenoxy) is 1. The number of aromatic nitrogens is 1. The Hall–Kier alpha value is -1.95. The molecule has 0 saturated carbocycles. The molecule has 1 aromatic carbocycles. The predicted molar refractivity (Wildman–Crippen MR) is 72.8 cm³/mol. The maximum Gasteiger partial charge on any atom is 0.274 e. The van der Waals surface area contributed by atoms with E-state index < -0.39 is 5.82 Å². The monoisotopic (exact) mass is 324 g/mol. The van der Waals surface area contributed by atoms with Crippen LogP contribution in [0.25, 0.3) is 0 Å². The summed E-state index contributed by atoms with van der Waals surface area (Å²) in [5, 5.41) is 2.62. The maximum absolute atomic E-state index is 13.2. The molecule has 1 N–H and O–H groups in total. The number of carbonyl (C=O) groups excluding carboxylic acids is 1. The fourth-order valence-corrected chi connectivity index (χ4v) is 1.81. The van der Waals surface area contributed by atoms with Gasteiger partial charge in [-0.1, -0.05) is 6.07 Å². The highest BCUT2D eigenvalue weighted by Crippen LogP contribution is 2.21. The van der Waals surface area contributed by atoms with Gasteiger partial charge in [0.2, 0.25) is 0 Å². The molecule has 0 fully saturated rings. The van der Waals surface area contributed by atoms with Crippen molar-refractivity contribution >= 4 is 27.5 Å². The molecule has 1 aromatic heterocycles. The van der Waals surface area contributed by atoms with Gasteiger partial charge in [0.05, 0.1) is 7.11 Å². The smallest absolute Gasteiger partial charge is 0.274 e. The lowest BCUT2D eigenvalue weighted by molar-refractivity contribution is 0.102. The van der Waals surface area contributed by atoms with Gasteiger partial charge in [-0.15, -0.1) is 0 Å². The number of rotatable bonds is 3. The molecule has 1 heterocycles. The Labute approximate surface area is 117 Å². The summed E-state index contributed by atoms with van der Waals surface area (Å²) in [6.45, 7) is 0. The third-order valence-corrected chi connectivity index (χ3v) is 2.80. The van der Waals surface area contributed by atoms with Crippen LogP contribution in [0.3, 0.4) is 0 Å². The summed E-state index contributed by atoms with van der Waals surface area (Å²) in [6, 6.07) is 9.09. The lowest BCUT2D eigenvalue weighted by atomic mass is 10.2. The quantitative estimate of drug-likeness (QED) is 0.882. The van der Waals surface area contributed by atoms with Crippen LogP contribution in [-0.4, -0.2) is 18.0 Å². The molecule has 0 radical (unpaired) electrons. The fraction of sp³-hybridized carbons (Fsp3) is 0.0769. The molecule has 0 bridgehead atoms. The average molecular weight is 325 g/mol. The van der Waals surface area contributed by atoms with Gasteiger partial charge in [-0.05, 0) is 40.2 Å². The summed E-state index contributed by atoms with van der Waals surface area (Å²) in [5.41, 5.74) is 0.697. The number of anilines is 1. The number of nitrogens with zero attached hydrogens (tertiary/aromatic N) is 1. The van der Waals surface area contributed by atoms with Gasteiger partial charge in [0.25, 0.3) is 5.91 Å². The molecule has 0 aliphatic heterocycles. The van der Waals surface area contributed by atoms with E-state index in [1.54, 1.807) is 18.2 Å². The standard InChI is InChI=1S/C13H10BrFN2O2/c1-19-11-7-8(5-6-9(11)15)16-13(18)10-3-2-4-12(14)17-10/h2-7H,1H3,(H,16,18). The largest absolute Gasteiger partial charge is 0.494 e. The Morgan fingerprint density at radius 1 is 1.37 bits per heavy atom. The molecule has 0 saturated heterocycles. The highest BCUT2D eigenvalue weighted by atomic mass is 79.9. The highest BCUT2D eigenvalue weighted by molar-refractivity contribution is 9.10. The second-order valence-corrected chi connectivity index (χ2v) is 4.46. The van der Waals surface area contributed by atoms with Gasteiger partial charge in [0.1, 0.15) is 10.3 Å². The van der Waals surface area contributed by atoms with E-state index in [0.29, 0.717) is 10.3 Å². The van der Waals surface area contributed by atoms with Gasteiger partial charge in [-0.2, -0.15) is 0 Å². The van der Waals surface area contributed by atoms with Crippen molar-refractivity contribution in [3.8, 4) is 5.75 Å². The number of amides is 1. The van der Waals surface area contributed by atoms with E-state index >= 15 is 0 Å².